The van der Waals surface area contributed by atoms with Gasteiger partial charge in [0.1, 0.15) is 17.3 Å². The van der Waals surface area contributed by atoms with E-state index in [1.54, 1.807) is 24.3 Å². The highest BCUT2D eigenvalue weighted by Gasteiger charge is 2.28. The predicted molar refractivity (Wildman–Crippen MR) is 74.6 cm³/mol. The van der Waals surface area contributed by atoms with E-state index >= 15 is 0 Å². The molecule has 2 aromatic heterocycles. The average molecular weight is 272 g/mol. The zero-order valence-corrected chi connectivity index (χ0v) is 11.4. The number of amides is 1. The molecule has 20 heavy (non-hydrogen) atoms. The lowest BCUT2D eigenvalue weighted by Crippen LogP contribution is -2.41. The van der Waals surface area contributed by atoms with Crippen LogP contribution in [0.4, 0.5) is 11.6 Å². The fraction of sp³-hybridized carbons (Fsp3) is 0.385. The van der Waals surface area contributed by atoms with Gasteiger partial charge in [0.15, 0.2) is 0 Å². The van der Waals surface area contributed by atoms with Gasteiger partial charge in [0.2, 0.25) is 0 Å². The average Bonchev–Trinajstić information content (AvgIpc) is 2.94. The van der Waals surface area contributed by atoms with Gasteiger partial charge < -0.3 is 5.32 Å². The van der Waals surface area contributed by atoms with Crippen molar-refractivity contribution >= 4 is 17.5 Å². The molecule has 3 rings (SSSR count). The van der Waals surface area contributed by atoms with Crippen LogP contribution in [-0.2, 0) is 6.54 Å². The Morgan fingerprint density at radius 1 is 1.35 bits per heavy atom. The van der Waals surface area contributed by atoms with E-state index in [1.165, 1.54) is 6.20 Å². The van der Waals surface area contributed by atoms with E-state index in [4.69, 9.17) is 0 Å². The third-order valence-electron chi connectivity index (χ3n) is 3.32. The minimum absolute atomic E-state index is 0.145. The third-order valence-corrected chi connectivity index (χ3v) is 3.32. The molecule has 2 aromatic rings. The van der Waals surface area contributed by atoms with Gasteiger partial charge in [-0.2, -0.15) is 5.10 Å². The van der Waals surface area contributed by atoms with Crippen molar-refractivity contribution in [1.82, 2.24) is 19.7 Å². The van der Waals surface area contributed by atoms with Gasteiger partial charge in [0.05, 0.1) is 18.6 Å². The molecule has 0 saturated carbocycles. The summed E-state index contributed by atoms with van der Waals surface area (Å²) in [4.78, 5) is 22.6. The summed E-state index contributed by atoms with van der Waals surface area (Å²) < 4.78 is 1.85. The van der Waals surface area contributed by atoms with Crippen molar-refractivity contribution in [2.45, 2.75) is 13.5 Å². The summed E-state index contributed by atoms with van der Waals surface area (Å²) >= 11 is 0. The molecule has 1 atom stereocenters. The number of carbonyl (C=O) groups excluding carboxylic acids is 1. The molecule has 7 nitrogen and oxygen atoms in total. The van der Waals surface area contributed by atoms with Crippen LogP contribution in [0.5, 0.6) is 0 Å². The molecule has 0 bridgehead atoms. The van der Waals surface area contributed by atoms with Gasteiger partial charge in [-0.1, -0.05) is 6.92 Å². The Balaban J connectivity index is 1.90. The molecule has 1 amide bonds. The van der Waals surface area contributed by atoms with Gasteiger partial charge in [-0.25, -0.2) is 14.6 Å². The fourth-order valence-electron chi connectivity index (χ4n) is 2.35. The number of hydrogen-bond acceptors (Lipinski definition) is 5. The second-order valence-electron chi connectivity index (χ2n) is 4.93. The molecule has 0 radical (unpaired) electrons. The van der Waals surface area contributed by atoms with Gasteiger partial charge in [-0.05, 0) is 5.92 Å². The van der Waals surface area contributed by atoms with Crippen LogP contribution in [0.2, 0.25) is 0 Å². The Labute approximate surface area is 116 Å². The second-order valence-corrected chi connectivity index (χ2v) is 4.93. The maximum atomic E-state index is 12.6. The minimum atomic E-state index is -0.145. The Hall–Kier alpha value is -2.44. The third kappa shape index (κ3) is 2.11. The number of aromatic nitrogens is 4. The fourth-order valence-corrected chi connectivity index (χ4v) is 2.35. The first-order valence-electron chi connectivity index (χ1n) is 6.52. The molecule has 7 heteroatoms. The topological polar surface area (TPSA) is 75.9 Å². The number of anilines is 2. The molecule has 1 aliphatic heterocycles. The van der Waals surface area contributed by atoms with Crippen LogP contribution in [0.1, 0.15) is 17.4 Å². The van der Waals surface area contributed by atoms with Crippen LogP contribution in [-0.4, -0.2) is 39.2 Å². The molecule has 3 heterocycles. The van der Waals surface area contributed by atoms with Crippen molar-refractivity contribution in [1.29, 1.82) is 0 Å². The highest BCUT2D eigenvalue weighted by atomic mass is 16.2. The van der Waals surface area contributed by atoms with Gasteiger partial charge in [0, 0.05) is 26.2 Å². The highest BCUT2D eigenvalue weighted by Crippen LogP contribution is 2.24. The van der Waals surface area contributed by atoms with Crippen LogP contribution in [0, 0.1) is 5.92 Å². The lowest BCUT2D eigenvalue weighted by Gasteiger charge is -2.31. The lowest BCUT2D eigenvalue weighted by atomic mass is 10.1. The van der Waals surface area contributed by atoms with Gasteiger partial charge in [0.25, 0.3) is 5.91 Å². The van der Waals surface area contributed by atoms with E-state index in [1.807, 2.05) is 10.7 Å². The van der Waals surface area contributed by atoms with E-state index in [2.05, 4.69) is 27.3 Å². The number of rotatable bonds is 2. The largest absolute Gasteiger partial charge is 0.372 e. The van der Waals surface area contributed by atoms with E-state index < -0.39 is 0 Å². The van der Waals surface area contributed by atoms with Crippen molar-refractivity contribution in [3.63, 3.8) is 0 Å². The monoisotopic (exact) mass is 272 g/mol. The second kappa shape index (κ2) is 4.92. The first kappa shape index (κ1) is 12.6. The molecule has 0 spiro atoms. The maximum absolute atomic E-state index is 12.6. The Kier molecular flexibility index (Phi) is 3.09. The van der Waals surface area contributed by atoms with Gasteiger partial charge in [-0.15, -0.1) is 0 Å². The predicted octanol–water partition coefficient (Wildman–Crippen LogP) is 1.01. The summed E-state index contributed by atoms with van der Waals surface area (Å²) in [5.74, 6) is 1.66. The first-order valence-corrected chi connectivity index (χ1v) is 6.52. The minimum Gasteiger partial charge on any atom is -0.372 e. The SMILES string of the molecule is CNc1cnc(C(=O)N2CC(C)Cn3nccc32)cn1. The van der Waals surface area contributed by atoms with Crippen LogP contribution in [0.15, 0.2) is 24.7 Å². The van der Waals surface area contributed by atoms with E-state index in [0.29, 0.717) is 24.0 Å². The molecule has 0 aromatic carbocycles. The molecule has 0 saturated heterocycles. The van der Waals surface area contributed by atoms with Crippen molar-refractivity contribution in [3.05, 3.63) is 30.4 Å². The first-order chi connectivity index (χ1) is 9.69. The standard InChI is InChI=1S/C13H16N6O/c1-9-7-18(12-3-4-17-19(12)8-9)13(20)10-5-16-11(14-2)6-15-10/h3-6,9H,7-8H2,1-2H3,(H,14,16). The molecule has 104 valence electrons. The Morgan fingerprint density at radius 2 is 2.20 bits per heavy atom. The maximum Gasteiger partial charge on any atom is 0.279 e. The number of hydrogen-bond donors (Lipinski definition) is 1. The molecule has 1 aliphatic rings. The van der Waals surface area contributed by atoms with E-state index in [0.717, 1.165) is 12.4 Å². The summed E-state index contributed by atoms with van der Waals surface area (Å²) in [7, 11) is 1.76. The van der Waals surface area contributed by atoms with Crippen LogP contribution in [0.3, 0.4) is 0 Å². The zero-order chi connectivity index (χ0) is 14.1. The summed E-state index contributed by atoms with van der Waals surface area (Å²) in [6.45, 7) is 3.59. The molecule has 0 fully saturated rings. The Bertz CT molecular complexity index is 620. The quantitative estimate of drug-likeness (QED) is 0.883. The Morgan fingerprint density at radius 3 is 2.90 bits per heavy atom. The van der Waals surface area contributed by atoms with Gasteiger partial charge in [-0.3, -0.25) is 9.69 Å². The van der Waals surface area contributed by atoms with Crippen LogP contribution in [0.25, 0.3) is 0 Å². The van der Waals surface area contributed by atoms with Crippen molar-refractivity contribution in [2.24, 2.45) is 5.92 Å². The van der Waals surface area contributed by atoms with Crippen LogP contribution >= 0.6 is 0 Å². The van der Waals surface area contributed by atoms with Crippen molar-refractivity contribution in [3.8, 4) is 0 Å². The summed E-state index contributed by atoms with van der Waals surface area (Å²) in [6.07, 6.45) is 4.76. The lowest BCUT2D eigenvalue weighted by molar-refractivity contribution is 0.0970. The summed E-state index contributed by atoms with van der Waals surface area (Å²) in [5, 5.41) is 7.12. The van der Waals surface area contributed by atoms with Crippen molar-refractivity contribution in [2.75, 3.05) is 23.8 Å². The van der Waals surface area contributed by atoms with Crippen molar-refractivity contribution < 1.29 is 4.79 Å². The number of nitrogens with zero attached hydrogens (tertiary/aromatic N) is 5. The number of nitrogens with one attached hydrogen (secondary N) is 1. The molecule has 1 unspecified atom stereocenters. The molecule has 0 aliphatic carbocycles. The molecule has 1 N–H and O–H groups in total. The van der Waals surface area contributed by atoms with Gasteiger partial charge >= 0.3 is 0 Å². The summed E-state index contributed by atoms with van der Waals surface area (Å²) in [6, 6.07) is 1.85. The molecular weight excluding hydrogens is 256 g/mol. The summed E-state index contributed by atoms with van der Waals surface area (Å²) in [5.41, 5.74) is 0.339. The smallest absolute Gasteiger partial charge is 0.279 e. The highest BCUT2D eigenvalue weighted by molar-refractivity contribution is 6.04. The van der Waals surface area contributed by atoms with Crippen LogP contribution < -0.4 is 10.2 Å². The zero-order valence-electron chi connectivity index (χ0n) is 11.4. The molecular formula is C13H16N6O. The normalized spacial score (nSPS) is 17.7. The van der Waals surface area contributed by atoms with E-state index in [9.17, 15) is 4.79 Å². The number of carbonyl (C=O) groups is 1. The number of fused-ring (bicyclic) bond motifs is 1. The van der Waals surface area contributed by atoms with E-state index in [-0.39, 0.29) is 5.91 Å².